The van der Waals surface area contributed by atoms with Crippen LogP contribution < -0.4 is 5.43 Å². The fraction of sp³-hybridized carbons (Fsp3) is 0.350. The van der Waals surface area contributed by atoms with Gasteiger partial charge in [0.15, 0.2) is 0 Å². The van der Waals surface area contributed by atoms with Crippen LogP contribution >= 0.6 is 0 Å². The van der Waals surface area contributed by atoms with Gasteiger partial charge in [-0.25, -0.2) is 0 Å². The van der Waals surface area contributed by atoms with Crippen molar-refractivity contribution in [2.45, 2.75) is 25.7 Å². The van der Waals surface area contributed by atoms with E-state index in [1.54, 1.807) is 24.3 Å². The van der Waals surface area contributed by atoms with Gasteiger partial charge in [-0.15, -0.1) is 0 Å². The Labute approximate surface area is 151 Å². The van der Waals surface area contributed by atoms with Gasteiger partial charge in [-0.1, -0.05) is 37.1 Å². The highest BCUT2D eigenvalue weighted by Crippen LogP contribution is 2.29. The van der Waals surface area contributed by atoms with Gasteiger partial charge < -0.3 is 0 Å². The molecule has 0 unspecified atom stereocenters. The molecule has 0 spiro atoms. The molecule has 1 N–H and O–H groups in total. The molecule has 0 atom stereocenters. The standard InChI is InChI=1S/C20H21N3O3/c24-17(13-22-11-3-1-2-4-12-22)21-23-19(25)15-9-5-7-14-8-6-10-16(18(14)15)20(23)26/h5-10H,1-4,11-13H2,(H,21,24). The van der Waals surface area contributed by atoms with Gasteiger partial charge in [0, 0.05) is 5.39 Å². The van der Waals surface area contributed by atoms with Crippen LogP contribution in [0.1, 0.15) is 46.4 Å². The lowest BCUT2D eigenvalue weighted by molar-refractivity contribution is -0.125. The monoisotopic (exact) mass is 351 g/mol. The highest BCUT2D eigenvalue weighted by atomic mass is 16.2. The highest BCUT2D eigenvalue weighted by molar-refractivity contribution is 6.25. The summed E-state index contributed by atoms with van der Waals surface area (Å²) in [5, 5.41) is 2.36. The van der Waals surface area contributed by atoms with E-state index in [0.717, 1.165) is 36.3 Å². The molecule has 3 amide bonds. The highest BCUT2D eigenvalue weighted by Gasteiger charge is 2.34. The molecule has 134 valence electrons. The molecule has 2 aromatic rings. The van der Waals surface area contributed by atoms with Crippen molar-refractivity contribution < 1.29 is 14.4 Å². The van der Waals surface area contributed by atoms with Crippen LogP contribution in [0.3, 0.4) is 0 Å². The zero-order valence-electron chi connectivity index (χ0n) is 14.5. The molecule has 2 aliphatic rings. The van der Waals surface area contributed by atoms with Crippen LogP contribution in [0, 0.1) is 0 Å². The summed E-state index contributed by atoms with van der Waals surface area (Å²) in [7, 11) is 0. The van der Waals surface area contributed by atoms with Gasteiger partial charge in [-0.2, -0.15) is 5.01 Å². The Bertz CT molecular complexity index is 834. The maximum Gasteiger partial charge on any atom is 0.280 e. The predicted molar refractivity (Wildman–Crippen MR) is 97.5 cm³/mol. The van der Waals surface area contributed by atoms with Crippen molar-refractivity contribution in [3.63, 3.8) is 0 Å². The normalized spacial score (nSPS) is 18.1. The predicted octanol–water partition coefficient (Wildman–Crippen LogP) is 2.34. The van der Waals surface area contributed by atoms with Gasteiger partial charge in [0.1, 0.15) is 0 Å². The molecule has 6 nitrogen and oxygen atoms in total. The molecule has 1 saturated heterocycles. The Hall–Kier alpha value is -2.73. The van der Waals surface area contributed by atoms with Crippen LogP contribution in [-0.4, -0.2) is 47.3 Å². The van der Waals surface area contributed by atoms with Gasteiger partial charge in [-0.05, 0) is 43.5 Å². The molecule has 2 heterocycles. The van der Waals surface area contributed by atoms with Gasteiger partial charge in [0.05, 0.1) is 17.7 Å². The second-order valence-corrected chi connectivity index (χ2v) is 6.88. The molecular formula is C20H21N3O3. The van der Waals surface area contributed by atoms with E-state index in [-0.39, 0.29) is 12.5 Å². The lowest BCUT2D eigenvalue weighted by Crippen LogP contribution is -2.53. The first-order valence-corrected chi connectivity index (χ1v) is 9.07. The third-order valence-electron chi connectivity index (χ3n) is 5.07. The Kier molecular flexibility index (Phi) is 4.42. The van der Waals surface area contributed by atoms with Gasteiger partial charge in [0.2, 0.25) is 0 Å². The van der Waals surface area contributed by atoms with Gasteiger partial charge in [0.25, 0.3) is 17.7 Å². The molecule has 2 aliphatic heterocycles. The zero-order chi connectivity index (χ0) is 18.1. The molecule has 4 rings (SSSR count). The number of hydrazine groups is 1. The molecular weight excluding hydrogens is 330 g/mol. The second-order valence-electron chi connectivity index (χ2n) is 6.88. The van der Waals surface area contributed by atoms with Crippen molar-refractivity contribution in [3.05, 3.63) is 47.5 Å². The zero-order valence-corrected chi connectivity index (χ0v) is 14.5. The Morgan fingerprint density at radius 2 is 1.46 bits per heavy atom. The molecule has 0 bridgehead atoms. The van der Waals surface area contributed by atoms with E-state index in [0.29, 0.717) is 16.5 Å². The largest absolute Gasteiger partial charge is 0.294 e. The number of nitrogens with zero attached hydrogens (tertiary/aromatic N) is 2. The number of hydrogen-bond donors (Lipinski definition) is 1. The molecule has 0 radical (unpaired) electrons. The number of carbonyl (C=O) groups is 3. The molecule has 6 heteroatoms. The number of likely N-dealkylation sites (tertiary alicyclic amines) is 1. The lowest BCUT2D eigenvalue weighted by Gasteiger charge is -2.28. The average Bonchev–Trinajstić information content (AvgIpc) is 2.91. The van der Waals surface area contributed by atoms with Crippen LogP contribution in [0.15, 0.2) is 36.4 Å². The molecule has 1 fully saturated rings. The number of benzene rings is 2. The summed E-state index contributed by atoms with van der Waals surface area (Å²) >= 11 is 0. The van der Waals surface area contributed by atoms with Crippen LogP contribution in [0.2, 0.25) is 0 Å². The summed E-state index contributed by atoms with van der Waals surface area (Å²) in [6.45, 7) is 1.94. The number of imide groups is 1. The van der Waals surface area contributed by atoms with Gasteiger partial charge >= 0.3 is 0 Å². The van der Waals surface area contributed by atoms with E-state index in [9.17, 15) is 14.4 Å². The van der Waals surface area contributed by atoms with Crippen molar-refractivity contribution in [2.24, 2.45) is 0 Å². The summed E-state index contributed by atoms with van der Waals surface area (Å²) in [5.41, 5.74) is 3.40. The topological polar surface area (TPSA) is 69.7 Å². The minimum absolute atomic E-state index is 0.197. The third kappa shape index (κ3) is 2.97. The molecule has 0 aliphatic carbocycles. The summed E-state index contributed by atoms with van der Waals surface area (Å²) in [5.74, 6) is -1.30. The lowest BCUT2D eigenvalue weighted by atomic mass is 9.95. The van der Waals surface area contributed by atoms with E-state index in [2.05, 4.69) is 10.3 Å². The van der Waals surface area contributed by atoms with E-state index in [1.807, 2.05) is 12.1 Å². The van der Waals surface area contributed by atoms with Crippen LogP contribution in [-0.2, 0) is 4.79 Å². The van der Waals surface area contributed by atoms with E-state index in [4.69, 9.17) is 0 Å². The number of carbonyl (C=O) groups excluding carboxylic acids is 3. The Balaban J connectivity index is 1.55. The first kappa shape index (κ1) is 16.7. The maximum absolute atomic E-state index is 12.8. The molecule has 26 heavy (non-hydrogen) atoms. The minimum atomic E-state index is -0.483. The fourth-order valence-corrected chi connectivity index (χ4v) is 3.79. The summed E-state index contributed by atoms with van der Waals surface area (Å²) in [6, 6.07) is 10.7. The Morgan fingerprint density at radius 1 is 0.885 bits per heavy atom. The first-order valence-electron chi connectivity index (χ1n) is 9.07. The number of amides is 3. The van der Waals surface area contributed by atoms with Crippen molar-refractivity contribution in [2.75, 3.05) is 19.6 Å². The van der Waals surface area contributed by atoms with E-state index < -0.39 is 11.8 Å². The van der Waals surface area contributed by atoms with E-state index >= 15 is 0 Å². The van der Waals surface area contributed by atoms with Crippen molar-refractivity contribution >= 4 is 28.5 Å². The first-order chi connectivity index (χ1) is 12.6. The molecule has 0 aromatic heterocycles. The smallest absolute Gasteiger partial charge is 0.280 e. The van der Waals surface area contributed by atoms with Crippen LogP contribution in [0.4, 0.5) is 0 Å². The van der Waals surface area contributed by atoms with Crippen molar-refractivity contribution in [1.29, 1.82) is 0 Å². The SMILES string of the molecule is O=C(CN1CCCCCC1)NN1C(=O)c2cccc3cccc(c23)C1=O. The number of nitrogens with one attached hydrogen (secondary N) is 1. The van der Waals surface area contributed by atoms with Crippen LogP contribution in [0.5, 0.6) is 0 Å². The number of rotatable bonds is 3. The number of hydrogen-bond acceptors (Lipinski definition) is 4. The second kappa shape index (κ2) is 6.88. The van der Waals surface area contributed by atoms with Crippen LogP contribution in [0.25, 0.3) is 10.8 Å². The third-order valence-corrected chi connectivity index (χ3v) is 5.07. The fourth-order valence-electron chi connectivity index (χ4n) is 3.79. The van der Waals surface area contributed by atoms with Crippen molar-refractivity contribution in [3.8, 4) is 0 Å². The van der Waals surface area contributed by atoms with E-state index in [1.165, 1.54) is 12.8 Å². The molecule has 0 saturated carbocycles. The summed E-state index contributed by atoms with van der Waals surface area (Å²) < 4.78 is 0. The Morgan fingerprint density at radius 3 is 2.04 bits per heavy atom. The quantitative estimate of drug-likeness (QED) is 0.862. The van der Waals surface area contributed by atoms with Crippen molar-refractivity contribution in [1.82, 2.24) is 15.3 Å². The maximum atomic E-state index is 12.8. The van der Waals surface area contributed by atoms with Gasteiger partial charge in [-0.3, -0.25) is 24.7 Å². The summed E-state index contributed by atoms with van der Waals surface area (Å²) in [6.07, 6.45) is 4.51. The summed E-state index contributed by atoms with van der Waals surface area (Å²) in [4.78, 5) is 40.1. The average molecular weight is 351 g/mol. The molecule has 2 aromatic carbocycles. The minimum Gasteiger partial charge on any atom is -0.294 e.